The Kier molecular flexibility index (Phi) is 4.71. The smallest absolute Gasteiger partial charge is 0.226 e. The summed E-state index contributed by atoms with van der Waals surface area (Å²) in [4.78, 5) is 14.6. The number of para-hydroxylation sites is 1. The number of rotatable bonds is 4. The largest absolute Gasteiger partial charge is 0.368 e. The zero-order valence-corrected chi connectivity index (χ0v) is 15.1. The molecular formula is C19H21BrN2O. The Labute approximate surface area is 145 Å². The van der Waals surface area contributed by atoms with E-state index in [1.54, 1.807) is 0 Å². The number of carbonyl (C=O) groups excluding carboxylic acids is 1. The number of benzene rings is 2. The topological polar surface area (TPSA) is 32.3 Å². The average Bonchev–Trinajstić information content (AvgIpc) is 2.84. The quantitative estimate of drug-likeness (QED) is 0.854. The first-order chi connectivity index (χ1) is 11.0. The number of nitrogens with zero attached hydrogens (tertiary/aromatic N) is 1. The van der Waals surface area contributed by atoms with E-state index in [2.05, 4.69) is 57.3 Å². The lowest BCUT2D eigenvalue weighted by molar-refractivity contribution is -0.116. The van der Waals surface area contributed by atoms with Gasteiger partial charge in [-0.3, -0.25) is 4.79 Å². The molecule has 0 aliphatic carbocycles. The first-order valence-electron chi connectivity index (χ1n) is 7.95. The van der Waals surface area contributed by atoms with E-state index in [0.717, 1.165) is 28.7 Å². The molecule has 3 nitrogen and oxygen atoms in total. The minimum Gasteiger partial charge on any atom is -0.368 e. The monoisotopic (exact) mass is 372 g/mol. The highest BCUT2D eigenvalue weighted by atomic mass is 79.9. The number of hydrogen-bond acceptors (Lipinski definition) is 2. The van der Waals surface area contributed by atoms with Gasteiger partial charge in [-0.25, -0.2) is 0 Å². The van der Waals surface area contributed by atoms with Crippen molar-refractivity contribution < 1.29 is 4.79 Å². The Morgan fingerprint density at radius 2 is 2.09 bits per heavy atom. The van der Waals surface area contributed by atoms with Crippen LogP contribution in [0.5, 0.6) is 0 Å². The van der Waals surface area contributed by atoms with E-state index >= 15 is 0 Å². The highest BCUT2D eigenvalue weighted by Gasteiger charge is 2.25. The van der Waals surface area contributed by atoms with Crippen molar-refractivity contribution in [3.05, 3.63) is 58.1 Å². The number of fused-ring (bicyclic) bond motifs is 1. The van der Waals surface area contributed by atoms with Gasteiger partial charge in [-0.05, 0) is 49.6 Å². The van der Waals surface area contributed by atoms with Crippen molar-refractivity contribution in [2.75, 3.05) is 16.8 Å². The van der Waals surface area contributed by atoms with Crippen LogP contribution < -0.4 is 10.2 Å². The molecule has 120 valence electrons. The molecule has 1 heterocycles. The number of aryl methyl sites for hydroxylation is 1. The number of nitrogens with one attached hydrogen (secondary N) is 1. The number of carbonyl (C=O) groups is 1. The van der Waals surface area contributed by atoms with E-state index in [1.807, 2.05) is 25.1 Å². The van der Waals surface area contributed by atoms with Crippen LogP contribution in [0.15, 0.2) is 46.9 Å². The lowest BCUT2D eigenvalue weighted by atomic mass is 10.1. The molecule has 3 rings (SSSR count). The van der Waals surface area contributed by atoms with Crippen molar-refractivity contribution in [2.24, 2.45) is 0 Å². The SMILES string of the molecule is Cc1ccc(NC(=O)CCN2c3ccccc3CC2C)cc1Br. The molecule has 0 spiro atoms. The molecule has 23 heavy (non-hydrogen) atoms. The van der Waals surface area contributed by atoms with Gasteiger partial charge in [-0.2, -0.15) is 0 Å². The van der Waals surface area contributed by atoms with Crippen molar-refractivity contribution in [1.82, 2.24) is 0 Å². The standard InChI is InChI=1S/C19H21BrN2O/c1-13-7-8-16(12-17(13)20)21-19(23)9-10-22-14(2)11-15-5-3-4-6-18(15)22/h3-8,12,14H,9-11H2,1-2H3,(H,21,23). The molecule has 0 saturated heterocycles. The molecule has 1 unspecified atom stereocenters. The van der Waals surface area contributed by atoms with Gasteiger partial charge < -0.3 is 10.2 Å². The lowest BCUT2D eigenvalue weighted by Crippen LogP contribution is -2.32. The fraction of sp³-hybridized carbons (Fsp3) is 0.316. The molecule has 1 aliphatic heterocycles. The van der Waals surface area contributed by atoms with E-state index < -0.39 is 0 Å². The third kappa shape index (κ3) is 3.58. The molecule has 1 aliphatic rings. The maximum Gasteiger partial charge on any atom is 0.226 e. The van der Waals surface area contributed by atoms with Gasteiger partial charge in [0.05, 0.1) is 0 Å². The van der Waals surface area contributed by atoms with Crippen LogP contribution in [-0.2, 0) is 11.2 Å². The maximum atomic E-state index is 12.2. The second-order valence-corrected chi connectivity index (χ2v) is 6.99. The van der Waals surface area contributed by atoms with Crippen LogP contribution in [0.2, 0.25) is 0 Å². The summed E-state index contributed by atoms with van der Waals surface area (Å²) in [6.45, 7) is 4.99. The molecule has 4 heteroatoms. The predicted molar refractivity (Wildman–Crippen MR) is 99.1 cm³/mol. The van der Waals surface area contributed by atoms with Crippen LogP contribution in [0.3, 0.4) is 0 Å². The zero-order valence-electron chi connectivity index (χ0n) is 13.5. The van der Waals surface area contributed by atoms with Crippen molar-refractivity contribution in [2.45, 2.75) is 32.7 Å². The second-order valence-electron chi connectivity index (χ2n) is 6.14. The van der Waals surface area contributed by atoms with E-state index in [9.17, 15) is 4.79 Å². The lowest BCUT2D eigenvalue weighted by Gasteiger charge is -2.24. The number of anilines is 2. The van der Waals surface area contributed by atoms with Crippen LogP contribution >= 0.6 is 15.9 Å². The normalized spacial score (nSPS) is 16.3. The summed E-state index contributed by atoms with van der Waals surface area (Å²) in [7, 11) is 0. The van der Waals surface area contributed by atoms with Crippen molar-refractivity contribution in [3.63, 3.8) is 0 Å². The molecule has 2 aromatic carbocycles. The molecule has 0 aromatic heterocycles. The van der Waals surface area contributed by atoms with Gasteiger partial charge in [0.1, 0.15) is 0 Å². The molecule has 0 radical (unpaired) electrons. The van der Waals surface area contributed by atoms with Gasteiger partial charge in [0.25, 0.3) is 0 Å². The summed E-state index contributed by atoms with van der Waals surface area (Å²) in [6, 6.07) is 14.8. The molecule has 1 amide bonds. The molecule has 1 atom stereocenters. The first-order valence-corrected chi connectivity index (χ1v) is 8.74. The minimum atomic E-state index is 0.0531. The predicted octanol–water partition coefficient (Wildman–Crippen LogP) is 4.54. The highest BCUT2D eigenvalue weighted by Crippen LogP contribution is 2.31. The molecule has 2 aromatic rings. The van der Waals surface area contributed by atoms with E-state index in [4.69, 9.17) is 0 Å². The summed E-state index contributed by atoms with van der Waals surface area (Å²) in [5, 5.41) is 2.98. The van der Waals surface area contributed by atoms with Crippen LogP contribution in [0.4, 0.5) is 11.4 Å². The first kappa shape index (κ1) is 16.1. The molecule has 0 fully saturated rings. The van der Waals surface area contributed by atoms with E-state index in [-0.39, 0.29) is 5.91 Å². The molecule has 1 N–H and O–H groups in total. The third-order valence-electron chi connectivity index (χ3n) is 4.38. The highest BCUT2D eigenvalue weighted by molar-refractivity contribution is 9.10. The Hall–Kier alpha value is -1.81. The fourth-order valence-electron chi connectivity index (χ4n) is 3.09. The van der Waals surface area contributed by atoms with Crippen molar-refractivity contribution in [1.29, 1.82) is 0 Å². The minimum absolute atomic E-state index is 0.0531. The number of amides is 1. The molecule has 0 saturated carbocycles. The molecular weight excluding hydrogens is 352 g/mol. The number of halogens is 1. The zero-order chi connectivity index (χ0) is 16.4. The van der Waals surface area contributed by atoms with Crippen molar-refractivity contribution in [3.8, 4) is 0 Å². The van der Waals surface area contributed by atoms with Crippen LogP contribution in [0.25, 0.3) is 0 Å². The fourth-order valence-corrected chi connectivity index (χ4v) is 3.47. The van der Waals surface area contributed by atoms with Gasteiger partial charge in [-0.1, -0.05) is 40.2 Å². The Morgan fingerprint density at radius 1 is 1.30 bits per heavy atom. The third-order valence-corrected chi connectivity index (χ3v) is 5.24. The Morgan fingerprint density at radius 3 is 2.87 bits per heavy atom. The van der Waals surface area contributed by atoms with Crippen LogP contribution in [0.1, 0.15) is 24.5 Å². The Balaban J connectivity index is 1.60. The summed E-state index contributed by atoms with van der Waals surface area (Å²) >= 11 is 3.50. The van der Waals surface area contributed by atoms with Gasteiger partial charge in [0.15, 0.2) is 0 Å². The van der Waals surface area contributed by atoms with Crippen molar-refractivity contribution >= 4 is 33.2 Å². The molecule has 0 bridgehead atoms. The van der Waals surface area contributed by atoms with Crippen LogP contribution in [-0.4, -0.2) is 18.5 Å². The van der Waals surface area contributed by atoms with Gasteiger partial charge in [-0.15, -0.1) is 0 Å². The number of hydrogen-bond donors (Lipinski definition) is 1. The van der Waals surface area contributed by atoms with E-state index in [1.165, 1.54) is 11.3 Å². The maximum absolute atomic E-state index is 12.2. The second kappa shape index (κ2) is 6.75. The van der Waals surface area contributed by atoms with Gasteiger partial charge in [0.2, 0.25) is 5.91 Å². The van der Waals surface area contributed by atoms with Gasteiger partial charge >= 0.3 is 0 Å². The van der Waals surface area contributed by atoms with Gasteiger partial charge in [0, 0.05) is 34.9 Å². The summed E-state index contributed by atoms with van der Waals surface area (Å²) < 4.78 is 1.01. The van der Waals surface area contributed by atoms with E-state index in [0.29, 0.717) is 12.5 Å². The summed E-state index contributed by atoms with van der Waals surface area (Å²) in [5.41, 5.74) is 4.64. The van der Waals surface area contributed by atoms with Crippen LogP contribution in [0, 0.1) is 6.92 Å². The summed E-state index contributed by atoms with van der Waals surface area (Å²) in [6.07, 6.45) is 1.55. The Bertz CT molecular complexity index is 729. The summed E-state index contributed by atoms with van der Waals surface area (Å²) in [5.74, 6) is 0.0531. The average molecular weight is 373 g/mol.